The van der Waals surface area contributed by atoms with Crippen LogP contribution in [-0.2, 0) is 4.79 Å². The van der Waals surface area contributed by atoms with Crippen LogP contribution in [0.3, 0.4) is 0 Å². The quantitative estimate of drug-likeness (QED) is 0.733. The third-order valence-electron chi connectivity index (χ3n) is 8.09. The van der Waals surface area contributed by atoms with Gasteiger partial charge in [0.25, 0.3) is 0 Å². The molecule has 4 aliphatic rings. The number of aliphatic hydroxyl groups is 1. The number of aliphatic hydroxyl groups excluding tert-OH is 1. The molecule has 4 aliphatic carbocycles. The first kappa shape index (κ1) is 14.2. The maximum atomic E-state index is 13.1. The molecule has 4 rings (SSSR count). The molecule has 2 heteroatoms. The normalized spacial score (nSPS) is 56.5. The smallest absolute Gasteiger partial charge is 0.137 e. The van der Waals surface area contributed by atoms with Gasteiger partial charge < -0.3 is 5.11 Å². The Bertz CT molecular complexity index is 458. The van der Waals surface area contributed by atoms with Gasteiger partial charge in [0.05, 0.1) is 6.10 Å². The molecular formula is C19H30O2. The molecule has 0 spiro atoms. The van der Waals surface area contributed by atoms with E-state index in [1.54, 1.807) is 0 Å². The van der Waals surface area contributed by atoms with E-state index < -0.39 is 0 Å². The molecule has 1 N–H and O–H groups in total. The molecule has 0 bridgehead atoms. The van der Waals surface area contributed by atoms with Crippen LogP contribution in [0.4, 0.5) is 0 Å². The van der Waals surface area contributed by atoms with Crippen molar-refractivity contribution < 1.29 is 9.90 Å². The lowest BCUT2D eigenvalue weighted by Crippen LogP contribution is -2.56. The number of fused-ring (bicyclic) bond motifs is 5. The van der Waals surface area contributed by atoms with Gasteiger partial charge in [0, 0.05) is 12.3 Å². The molecular weight excluding hydrogens is 260 g/mol. The van der Waals surface area contributed by atoms with Gasteiger partial charge in [0.2, 0.25) is 0 Å². The Hall–Kier alpha value is -0.370. The minimum atomic E-state index is -0.116. The number of ketones is 1. The molecule has 0 radical (unpaired) electrons. The fourth-order valence-electron chi connectivity index (χ4n) is 7.06. The first-order chi connectivity index (χ1) is 9.94. The molecule has 0 aliphatic heterocycles. The highest BCUT2D eigenvalue weighted by atomic mass is 16.3. The van der Waals surface area contributed by atoms with E-state index in [9.17, 15) is 9.90 Å². The first-order valence-electron chi connectivity index (χ1n) is 9.15. The van der Waals surface area contributed by atoms with Crippen molar-refractivity contribution in [3.63, 3.8) is 0 Å². The van der Waals surface area contributed by atoms with Crippen LogP contribution in [-0.4, -0.2) is 17.0 Å². The highest BCUT2D eigenvalue weighted by molar-refractivity contribution is 5.84. The number of hydrogen-bond acceptors (Lipinski definition) is 2. The predicted molar refractivity (Wildman–Crippen MR) is 82.7 cm³/mol. The van der Waals surface area contributed by atoms with Gasteiger partial charge in [-0.05, 0) is 73.5 Å². The Balaban J connectivity index is 1.69. The van der Waals surface area contributed by atoms with Crippen LogP contribution < -0.4 is 0 Å². The maximum absolute atomic E-state index is 13.1. The van der Waals surface area contributed by atoms with Crippen molar-refractivity contribution in [2.75, 3.05) is 0 Å². The topological polar surface area (TPSA) is 37.3 Å². The van der Waals surface area contributed by atoms with Crippen LogP contribution >= 0.6 is 0 Å². The number of hydrogen-bond donors (Lipinski definition) is 1. The number of rotatable bonds is 0. The molecule has 4 saturated carbocycles. The lowest BCUT2D eigenvalue weighted by Gasteiger charge is -2.59. The first-order valence-corrected chi connectivity index (χ1v) is 9.15. The molecule has 0 aromatic carbocycles. The van der Waals surface area contributed by atoms with E-state index in [1.807, 2.05) is 0 Å². The van der Waals surface area contributed by atoms with Crippen LogP contribution in [0.2, 0.25) is 0 Å². The molecule has 4 fully saturated rings. The number of carbonyl (C=O) groups is 1. The Morgan fingerprint density at radius 1 is 1.10 bits per heavy atom. The van der Waals surface area contributed by atoms with E-state index in [0.29, 0.717) is 29.0 Å². The van der Waals surface area contributed by atoms with Crippen LogP contribution in [0, 0.1) is 34.5 Å². The molecule has 0 heterocycles. The van der Waals surface area contributed by atoms with E-state index >= 15 is 0 Å². The van der Waals surface area contributed by atoms with Crippen molar-refractivity contribution in [1.82, 2.24) is 0 Å². The summed E-state index contributed by atoms with van der Waals surface area (Å²) in [7, 11) is 0. The van der Waals surface area contributed by atoms with Gasteiger partial charge in [-0.15, -0.1) is 0 Å². The SMILES string of the molecule is CC12CCCC1C1CC[C@H]3CC(O)CCC3(C)C1C(=O)C2. The Morgan fingerprint density at radius 2 is 1.90 bits per heavy atom. The zero-order valence-electron chi connectivity index (χ0n) is 13.6. The van der Waals surface area contributed by atoms with Gasteiger partial charge in [-0.2, -0.15) is 0 Å². The summed E-state index contributed by atoms with van der Waals surface area (Å²) in [6.07, 6.45) is 10.1. The van der Waals surface area contributed by atoms with E-state index in [2.05, 4.69) is 13.8 Å². The maximum Gasteiger partial charge on any atom is 0.137 e. The predicted octanol–water partition coefficient (Wildman–Crippen LogP) is 3.96. The van der Waals surface area contributed by atoms with Crippen LogP contribution in [0.25, 0.3) is 0 Å². The fourth-order valence-corrected chi connectivity index (χ4v) is 7.06. The summed E-state index contributed by atoms with van der Waals surface area (Å²) < 4.78 is 0. The highest BCUT2D eigenvalue weighted by Gasteiger charge is 2.60. The van der Waals surface area contributed by atoms with Crippen molar-refractivity contribution >= 4 is 5.78 Å². The molecule has 0 aromatic heterocycles. The van der Waals surface area contributed by atoms with E-state index in [4.69, 9.17) is 0 Å². The summed E-state index contributed by atoms with van der Waals surface area (Å²) in [6, 6.07) is 0. The Morgan fingerprint density at radius 3 is 2.71 bits per heavy atom. The molecule has 118 valence electrons. The molecule has 2 nitrogen and oxygen atoms in total. The summed E-state index contributed by atoms with van der Waals surface area (Å²) in [4.78, 5) is 13.1. The highest BCUT2D eigenvalue weighted by Crippen LogP contribution is 2.65. The third-order valence-corrected chi connectivity index (χ3v) is 8.09. The summed E-state index contributed by atoms with van der Waals surface area (Å²) in [5, 5.41) is 10.0. The zero-order chi connectivity index (χ0) is 14.8. The average Bonchev–Trinajstić information content (AvgIpc) is 2.80. The largest absolute Gasteiger partial charge is 0.393 e. The second-order valence-corrected chi connectivity index (χ2v) is 9.15. The lowest BCUT2D eigenvalue weighted by atomic mass is 9.45. The zero-order valence-corrected chi connectivity index (χ0v) is 13.6. The van der Waals surface area contributed by atoms with Crippen molar-refractivity contribution in [3.05, 3.63) is 0 Å². The van der Waals surface area contributed by atoms with Crippen molar-refractivity contribution in [2.24, 2.45) is 34.5 Å². The molecule has 0 amide bonds. The monoisotopic (exact) mass is 290 g/mol. The van der Waals surface area contributed by atoms with Gasteiger partial charge in [-0.1, -0.05) is 20.3 Å². The minimum Gasteiger partial charge on any atom is -0.393 e. The van der Waals surface area contributed by atoms with Gasteiger partial charge in [-0.3, -0.25) is 4.79 Å². The summed E-state index contributed by atoms with van der Waals surface area (Å²) in [5.41, 5.74) is 0.499. The second-order valence-electron chi connectivity index (χ2n) is 9.15. The molecule has 0 aromatic rings. The summed E-state index contributed by atoms with van der Waals surface area (Å²) in [5.74, 6) is 2.90. The van der Waals surface area contributed by atoms with Crippen molar-refractivity contribution in [1.29, 1.82) is 0 Å². The summed E-state index contributed by atoms with van der Waals surface area (Å²) in [6.45, 7) is 4.77. The minimum absolute atomic E-state index is 0.116. The van der Waals surface area contributed by atoms with Crippen molar-refractivity contribution in [2.45, 2.75) is 77.7 Å². The second kappa shape index (κ2) is 4.57. The Kier molecular flexibility index (Phi) is 3.10. The molecule has 7 atom stereocenters. The van der Waals surface area contributed by atoms with Crippen LogP contribution in [0.15, 0.2) is 0 Å². The van der Waals surface area contributed by atoms with Gasteiger partial charge >= 0.3 is 0 Å². The van der Waals surface area contributed by atoms with E-state index in [0.717, 1.165) is 31.6 Å². The van der Waals surface area contributed by atoms with Crippen molar-refractivity contribution in [3.8, 4) is 0 Å². The lowest BCUT2D eigenvalue weighted by molar-refractivity contribution is -0.159. The van der Waals surface area contributed by atoms with Gasteiger partial charge in [-0.25, -0.2) is 0 Å². The molecule has 0 saturated heterocycles. The molecule has 6 unspecified atom stereocenters. The summed E-state index contributed by atoms with van der Waals surface area (Å²) >= 11 is 0. The number of Topliss-reactive ketones (excluding diaryl/α,β-unsaturated/α-hetero) is 1. The number of carbonyl (C=O) groups excluding carboxylic acids is 1. The Labute approximate surface area is 128 Å². The molecule has 21 heavy (non-hydrogen) atoms. The van der Waals surface area contributed by atoms with Crippen LogP contribution in [0.5, 0.6) is 0 Å². The van der Waals surface area contributed by atoms with Gasteiger partial charge in [0.1, 0.15) is 5.78 Å². The third kappa shape index (κ3) is 1.90. The van der Waals surface area contributed by atoms with Gasteiger partial charge in [0.15, 0.2) is 0 Å². The van der Waals surface area contributed by atoms with Crippen LogP contribution in [0.1, 0.15) is 71.6 Å². The van der Waals surface area contributed by atoms with E-state index in [-0.39, 0.29) is 11.5 Å². The standard InChI is InChI=1S/C19H30O2/c1-18-8-3-4-15(18)14-6-5-12-10-13(20)7-9-19(12,2)17(14)16(21)11-18/h12-15,17,20H,3-11H2,1-2H3/t12-,13?,14?,15?,17?,18?,19?/m0/s1. The van der Waals surface area contributed by atoms with E-state index in [1.165, 1.54) is 32.1 Å². The fraction of sp³-hybridized carbons (Fsp3) is 0.947. The average molecular weight is 290 g/mol.